The molecular formula is C14H19ClN2O3. The minimum Gasteiger partial charge on any atom is -0.389 e. The average molecular weight is 299 g/mol. The number of aliphatic hydroxyl groups excluding tert-OH is 1. The minimum absolute atomic E-state index is 0.00512. The summed E-state index contributed by atoms with van der Waals surface area (Å²) in [5, 5.41) is 13.3. The first-order chi connectivity index (χ1) is 9.63. The van der Waals surface area contributed by atoms with Gasteiger partial charge in [0.2, 0.25) is 5.91 Å². The van der Waals surface area contributed by atoms with E-state index < -0.39 is 6.10 Å². The van der Waals surface area contributed by atoms with Gasteiger partial charge in [0.1, 0.15) is 0 Å². The second-order valence-electron chi connectivity index (χ2n) is 4.88. The van der Waals surface area contributed by atoms with E-state index in [0.717, 1.165) is 12.1 Å². The molecule has 20 heavy (non-hydrogen) atoms. The van der Waals surface area contributed by atoms with Crippen LogP contribution in [0, 0.1) is 0 Å². The standard InChI is InChI=1S/C14H19ClN2O3/c15-12-3-1-11(2-4-12)9-20-10-13(18)7-17-6-5-16-14(19)8-17/h1-4,13,18H,5-10H2,(H,16,19). The molecule has 0 aliphatic carbocycles. The van der Waals surface area contributed by atoms with Gasteiger partial charge in [0.15, 0.2) is 0 Å². The van der Waals surface area contributed by atoms with Crippen molar-refractivity contribution in [2.45, 2.75) is 12.7 Å². The van der Waals surface area contributed by atoms with Crippen LogP contribution in [0.3, 0.4) is 0 Å². The Bertz CT molecular complexity index is 439. The Morgan fingerprint density at radius 3 is 2.85 bits per heavy atom. The SMILES string of the molecule is O=C1CN(CC(O)COCc2ccc(Cl)cc2)CCN1. The number of halogens is 1. The predicted molar refractivity (Wildman–Crippen MR) is 76.6 cm³/mol. The van der Waals surface area contributed by atoms with Crippen molar-refractivity contribution in [1.29, 1.82) is 0 Å². The quantitative estimate of drug-likeness (QED) is 0.809. The number of carbonyl (C=O) groups is 1. The Morgan fingerprint density at radius 1 is 1.40 bits per heavy atom. The Balaban J connectivity index is 1.65. The summed E-state index contributed by atoms with van der Waals surface area (Å²) in [6.45, 7) is 2.88. The van der Waals surface area contributed by atoms with E-state index in [9.17, 15) is 9.90 Å². The monoisotopic (exact) mass is 298 g/mol. The molecule has 1 atom stereocenters. The maximum atomic E-state index is 11.2. The molecule has 6 heteroatoms. The summed E-state index contributed by atoms with van der Waals surface area (Å²) in [5.74, 6) is 0.00512. The molecule has 5 nitrogen and oxygen atoms in total. The molecule has 1 saturated heterocycles. The summed E-state index contributed by atoms with van der Waals surface area (Å²) >= 11 is 5.80. The number of carbonyl (C=O) groups excluding carboxylic acids is 1. The van der Waals surface area contributed by atoms with Gasteiger partial charge in [0.05, 0.1) is 25.9 Å². The van der Waals surface area contributed by atoms with Gasteiger partial charge in [-0.1, -0.05) is 23.7 Å². The number of amides is 1. The van der Waals surface area contributed by atoms with Crippen molar-refractivity contribution in [3.63, 3.8) is 0 Å². The molecule has 2 N–H and O–H groups in total. The summed E-state index contributed by atoms with van der Waals surface area (Å²) in [5.41, 5.74) is 1.01. The number of rotatable bonds is 6. The summed E-state index contributed by atoms with van der Waals surface area (Å²) in [7, 11) is 0. The number of nitrogens with zero attached hydrogens (tertiary/aromatic N) is 1. The van der Waals surface area contributed by atoms with Crippen molar-refractivity contribution in [1.82, 2.24) is 10.2 Å². The number of ether oxygens (including phenoxy) is 1. The van der Waals surface area contributed by atoms with Crippen molar-refractivity contribution >= 4 is 17.5 Å². The lowest BCUT2D eigenvalue weighted by molar-refractivity contribution is -0.124. The Morgan fingerprint density at radius 2 is 2.15 bits per heavy atom. The normalized spacial score (nSPS) is 17.8. The molecule has 1 aromatic rings. The summed E-state index contributed by atoms with van der Waals surface area (Å²) in [4.78, 5) is 13.1. The number of nitrogens with one attached hydrogen (secondary N) is 1. The molecule has 2 rings (SSSR count). The van der Waals surface area contributed by atoms with Crippen molar-refractivity contribution in [2.75, 3.05) is 32.8 Å². The smallest absolute Gasteiger partial charge is 0.234 e. The minimum atomic E-state index is -0.590. The van der Waals surface area contributed by atoms with Crippen molar-refractivity contribution in [2.24, 2.45) is 0 Å². The van der Waals surface area contributed by atoms with E-state index in [1.54, 1.807) is 0 Å². The lowest BCUT2D eigenvalue weighted by Gasteiger charge is -2.28. The van der Waals surface area contributed by atoms with E-state index in [1.165, 1.54) is 0 Å². The fourth-order valence-electron chi connectivity index (χ4n) is 2.09. The van der Waals surface area contributed by atoms with Crippen LogP contribution in [-0.2, 0) is 16.1 Å². The lowest BCUT2D eigenvalue weighted by Crippen LogP contribution is -2.50. The van der Waals surface area contributed by atoms with Crippen LogP contribution < -0.4 is 5.32 Å². The number of piperazine rings is 1. The van der Waals surface area contributed by atoms with Gasteiger partial charge in [-0.3, -0.25) is 9.69 Å². The highest BCUT2D eigenvalue weighted by molar-refractivity contribution is 6.30. The lowest BCUT2D eigenvalue weighted by atomic mass is 10.2. The number of aliphatic hydroxyl groups is 1. The van der Waals surface area contributed by atoms with Gasteiger partial charge in [-0.15, -0.1) is 0 Å². The Kier molecular flexibility index (Phi) is 5.79. The molecule has 1 heterocycles. The van der Waals surface area contributed by atoms with Crippen LogP contribution in [0.1, 0.15) is 5.56 Å². The first-order valence-electron chi connectivity index (χ1n) is 6.63. The van der Waals surface area contributed by atoms with Crippen LogP contribution in [0.25, 0.3) is 0 Å². The van der Waals surface area contributed by atoms with Crippen LogP contribution in [-0.4, -0.2) is 54.8 Å². The van der Waals surface area contributed by atoms with E-state index in [0.29, 0.717) is 31.3 Å². The van der Waals surface area contributed by atoms with E-state index >= 15 is 0 Å². The topological polar surface area (TPSA) is 61.8 Å². The van der Waals surface area contributed by atoms with Crippen LogP contribution in [0.2, 0.25) is 5.02 Å². The highest BCUT2D eigenvalue weighted by Gasteiger charge is 2.18. The summed E-state index contributed by atoms with van der Waals surface area (Å²) < 4.78 is 5.47. The third kappa shape index (κ3) is 5.09. The molecule has 1 unspecified atom stereocenters. The van der Waals surface area contributed by atoms with Gasteiger partial charge in [-0.05, 0) is 17.7 Å². The zero-order valence-electron chi connectivity index (χ0n) is 11.2. The predicted octanol–water partition coefficient (Wildman–Crippen LogP) is 0.649. The molecule has 0 spiro atoms. The van der Waals surface area contributed by atoms with Gasteiger partial charge in [0.25, 0.3) is 0 Å². The van der Waals surface area contributed by atoms with Crippen molar-refractivity contribution in [3.05, 3.63) is 34.9 Å². The van der Waals surface area contributed by atoms with Gasteiger partial charge in [0, 0.05) is 24.7 Å². The second-order valence-corrected chi connectivity index (χ2v) is 5.32. The Labute approximate surface area is 123 Å². The van der Waals surface area contributed by atoms with Crippen molar-refractivity contribution in [3.8, 4) is 0 Å². The highest BCUT2D eigenvalue weighted by Crippen LogP contribution is 2.10. The molecule has 0 saturated carbocycles. The molecule has 1 amide bonds. The van der Waals surface area contributed by atoms with Crippen LogP contribution >= 0.6 is 11.6 Å². The van der Waals surface area contributed by atoms with E-state index in [-0.39, 0.29) is 12.5 Å². The third-order valence-electron chi connectivity index (χ3n) is 3.08. The van der Waals surface area contributed by atoms with Crippen LogP contribution in [0.15, 0.2) is 24.3 Å². The average Bonchev–Trinajstić information content (AvgIpc) is 2.41. The van der Waals surface area contributed by atoms with E-state index in [2.05, 4.69) is 5.32 Å². The number of benzene rings is 1. The fraction of sp³-hybridized carbons (Fsp3) is 0.500. The highest BCUT2D eigenvalue weighted by atomic mass is 35.5. The molecule has 0 aromatic heterocycles. The Hall–Kier alpha value is -1.14. The van der Waals surface area contributed by atoms with Crippen molar-refractivity contribution < 1.29 is 14.6 Å². The first-order valence-corrected chi connectivity index (χ1v) is 7.00. The molecular weight excluding hydrogens is 280 g/mol. The zero-order chi connectivity index (χ0) is 14.4. The van der Waals surface area contributed by atoms with Crippen LogP contribution in [0.4, 0.5) is 0 Å². The molecule has 0 radical (unpaired) electrons. The number of β-amino-alcohol motifs (C(OH)–C–C–N with tert-alkyl or cyclic N) is 1. The van der Waals surface area contributed by atoms with Crippen LogP contribution in [0.5, 0.6) is 0 Å². The molecule has 1 aliphatic heterocycles. The molecule has 1 aromatic carbocycles. The second kappa shape index (κ2) is 7.59. The largest absolute Gasteiger partial charge is 0.389 e. The maximum absolute atomic E-state index is 11.2. The molecule has 110 valence electrons. The van der Waals surface area contributed by atoms with Gasteiger partial charge < -0.3 is 15.2 Å². The zero-order valence-corrected chi connectivity index (χ0v) is 12.0. The first kappa shape index (κ1) is 15.3. The maximum Gasteiger partial charge on any atom is 0.234 e. The van der Waals surface area contributed by atoms with Gasteiger partial charge in [-0.2, -0.15) is 0 Å². The summed E-state index contributed by atoms with van der Waals surface area (Å²) in [6.07, 6.45) is -0.590. The third-order valence-corrected chi connectivity index (χ3v) is 3.33. The molecule has 0 bridgehead atoms. The summed E-state index contributed by atoms with van der Waals surface area (Å²) in [6, 6.07) is 7.40. The van der Waals surface area contributed by atoms with Gasteiger partial charge >= 0.3 is 0 Å². The molecule has 1 fully saturated rings. The number of hydrogen-bond donors (Lipinski definition) is 2. The van der Waals surface area contributed by atoms with Gasteiger partial charge in [-0.25, -0.2) is 0 Å². The fourth-order valence-corrected chi connectivity index (χ4v) is 2.22. The van der Waals surface area contributed by atoms with E-state index in [1.807, 2.05) is 29.2 Å². The molecule has 1 aliphatic rings. The number of hydrogen-bond acceptors (Lipinski definition) is 4. The van der Waals surface area contributed by atoms with E-state index in [4.69, 9.17) is 16.3 Å².